The van der Waals surface area contributed by atoms with Crippen molar-refractivity contribution >= 4 is 17.7 Å². The Labute approximate surface area is 83.0 Å². The lowest BCUT2D eigenvalue weighted by molar-refractivity contribution is -0.134. The molecule has 0 aromatic rings. The number of fused-ring (bicyclic) bond motifs is 1. The molecule has 4 heteroatoms. The highest BCUT2D eigenvalue weighted by Crippen LogP contribution is 2.30. The minimum atomic E-state index is -0.240. The third kappa shape index (κ3) is 1.83. The predicted octanol–water partition coefficient (Wildman–Crippen LogP) is 0.789. The lowest BCUT2D eigenvalue weighted by Crippen LogP contribution is -2.47. The number of hydrogen-bond donors (Lipinski definition) is 1. The first-order chi connectivity index (χ1) is 6.29. The topological polar surface area (TPSA) is 46.3 Å². The van der Waals surface area contributed by atoms with E-state index in [1.165, 1.54) is 6.42 Å². The minimum absolute atomic E-state index is 0.176. The third-order valence-corrected chi connectivity index (χ3v) is 4.13. The molecule has 1 amide bonds. The van der Waals surface area contributed by atoms with E-state index < -0.39 is 0 Å². The summed E-state index contributed by atoms with van der Waals surface area (Å²) in [7, 11) is 0. The van der Waals surface area contributed by atoms with Crippen molar-refractivity contribution in [2.45, 2.75) is 37.1 Å². The van der Waals surface area contributed by atoms with Crippen molar-refractivity contribution in [1.29, 1.82) is 0 Å². The van der Waals surface area contributed by atoms with Crippen molar-refractivity contribution in [3.8, 4) is 0 Å². The molecule has 74 valence electrons. The Morgan fingerprint density at radius 1 is 1.38 bits per heavy atom. The van der Waals surface area contributed by atoms with Gasteiger partial charge in [0.1, 0.15) is 0 Å². The molecular weight excluding hydrogens is 184 g/mol. The molecule has 3 nitrogen and oxygen atoms in total. The summed E-state index contributed by atoms with van der Waals surface area (Å²) >= 11 is 1.90. The number of hydrogen-bond acceptors (Lipinski definition) is 3. The van der Waals surface area contributed by atoms with Gasteiger partial charge in [-0.3, -0.25) is 4.79 Å². The van der Waals surface area contributed by atoms with Gasteiger partial charge in [0.25, 0.3) is 0 Å². The van der Waals surface area contributed by atoms with Crippen molar-refractivity contribution in [3.63, 3.8) is 0 Å². The smallest absolute Gasteiger partial charge is 0.240 e. The summed E-state index contributed by atoms with van der Waals surface area (Å²) in [5.41, 5.74) is 5.78. The molecule has 0 radical (unpaired) electrons. The molecule has 2 heterocycles. The van der Waals surface area contributed by atoms with Crippen LogP contribution in [0.1, 0.15) is 25.7 Å². The fourth-order valence-corrected chi connectivity index (χ4v) is 3.38. The number of nitrogens with two attached hydrogens (primary N) is 1. The molecule has 0 bridgehead atoms. The van der Waals surface area contributed by atoms with Gasteiger partial charge >= 0.3 is 0 Å². The van der Waals surface area contributed by atoms with E-state index in [0.29, 0.717) is 5.37 Å². The van der Waals surface area contributed by atoms with E-state index in [4.69, 9.17) is 5.73 Å². The first-order valence-electron chi connectivity index (χ1n) is 4.97. The SMILES string of the molecule is N[C@H]1CCSC2CCCCN2C1=O. The Kier molecular flexibility index (Phi) is 2.79. The minimum Gasteiger partial charge on any atom is -0.329 e. The summed E-state index contributed by atoms with van der Waals surface area (Å²) < 4.78 is 0. The van der Waals surface area contributed by atoms with Gasteiger partial charge in [0.15, 0.2) is 0 Å². The van der Waals surface area contributed by atoms with Crippen LogP contribution in [0, 0.1) is 0 Å². The number of carbonyl (C=O) groups is 1. The molecule has 0 aliphatic carbocycles. The van der Waals surface area contributed by atoms with Crippen LogP contribution < -0.4 is 5.73 Å². The van der Waals surface area contributed by atoms with Crippen LogP contribution in [0.2, 0.25) is 0 Å². The predicted molar refractivity (Wildman–Crippen MR) is 54.4 cm³/mol. The molecule has 2 atom stereocenters. The van der Waals surface area contributed by atoms with Crippen LogP contribution in [-0.4, -0.2) is 34.5 Å². The zero-order valence-corrected chi connectivity index (χ0v) is 8.55. The van der Waals surface area contributed by atoms with Crippen molar-refractivity contribution in [2.24, 2.45) is 5.73 Å². The van der Waals surface area contributed by atoms with Crippen molar-refractivity contribution < 1.29 is 4.79 Å². The molecule has 0 spiro atoms. The van der Waals surface area contributed by atoms with E-state index in [1.807, 2.05) is 16.7 Å². The zero-order valence-electron chi connectivity index (χ0n) is 7.74. The molecule has 2 aliphatic rings. The molecule has 2 rings (SSSR count). The Hall–Kier alpha value is -0.220. The molecule has 1 unspecified atom stereocenters. The van der Waals surface area contributed by atoms with E-state index in [-0.39, 0.29) is 11.9 Å². The number of carbonyl (C=O) groups excluding carboxylic acids is 1. The third-order valence-electron chi connectivity index (χ3n) is 2.79. The highest BCUT2D eigenvalue weighted by Gasteiger charge is 2.32. The van der Waals surface area contributed by atoms with Crippen LogP contribution >= 0.6 is 11.8 Å². The molecule has 2 fully saturated rings. The highest BCUT2D eigenvalue weighted by molar-refractivity contribution is 7.99. The molecule has 0 aromatic carbocycles. The van der Waals surface area contributed by atoms with Crippen LogP contribution in [0.15, 0.2) is 0 Å². The number of amides is 1. The maximum Gasteiger partial charge on any atom is 0.240 e. The van der Waals surface area contributed by atoms with E-state index >= 15 is 0 Å². The Morgan fingerprint density at radius 3 is 3.08 bits per heavy atom. The summed E-state index contributed by atoms with van der Waals surface area (Å²) in [5.74, 6) is 1.21. The monoisotopic (exact) mass is 200 g/mol. The summed E-state index contributed by atoms with van der Waals surface area (Å²) in [4.78, 5) is 13.8. The summed E-state index contributed by atoms with van der Waals surface area (Å²) in [6.07, 6.45) is 4.41. The van der Waals surface area contributed by atoms with Crippen LogP contribution in [0.25, 0.3) is 0 Å². The highest BCUT2D eigenvalue weighted by atomic mass is 32.2. The van der Waals surface area contributed by atoms with Crippen molar-refractivity contribution in [3.05, 3.63) is 0 Å². The van der Waals surface area contributed by atoms with Gasteiger partial charge in [0.2, 0.25) is 5.91 Å². The first-order valence-corrected chi connectivity index (χ1v) is 6.01. The largest absolute Gasteiger partial charge is 0.329 e. The molecule has 0 aromatic heterocycles. The van der Waals surface area contributed by atoms with Crippen LogP contribution in [-0.2, 0) is 4.79 Å². The maximum atomic E-state index is 11.8. The average molecular weight is 200 g/mol. The second-order valence-corrected chi connectivity index (χ2v) is 5.03. The molecule has 0 saturated carbocycles. The van der Waals surface area contributed by atoms with Crippen LogP contribution in [0.5, 0.6) is 0 Å². The molecule has 2 aliphatic heterocycles. The van der Waals surface area contributed by atoms with E-state index in [0.717, 1.165) is 31.6 Å². The standard InChI is InChI=1S/C9H16N2OS/c10-7-4-6-13-8-3-1-2-5-11(8)9(7)12/h7-8H,1-6,10H2/t7-,8?/m0/s1. The fourth-order valence-electron chi connectivity index (χ4n) is 1.99. The van der Waals surface area contributed by atoms with Gasteiger partial charge in [0, 0.05) is 6.54 Å². The Morgan fingerprint density at radius 2 is 2.23 bits per heavy atom. The Balaban J connectivity index is 2.11. The van der Waals surface area contributed by atoms with Gasteiger partial charge in [-0.05, 0) is 31.4 Å². The van der Waals surface area contributed by atoms with E-state index in [9.17, 15) is 4.79 Å². The van der Waals surface area contributed by atoms with Gasteiger partial charge in [0.05, 0.1) is 11.4 Å². The van der Waals surface area contributed by atoms with Gasteiger partial charge in [-0.1, -0.05) is 0 Å². The van der Waals surface area contributed by atoms with Crippen LogP contribution in [0.3, 0.4) is 0 Å². The molecule has 2 saturated heterocycles. The summed E-state index contributed by atoms with van der Waals surface area (Å²) in [6.45, 7) is 0.921. The number of nitrogens with zero attached hydrogens (tertiary/aromatic N) is 1. The normalized spacial score (nSPS) is 35.5. The second kappa shape index (κ2) is 3.88. The van der Waals surface area contributed by atoms with Crippen molar-refractivity contribution in [2.75, 3.05) is 12.3 Å². The number of piperidine rings is 1. The van der Waals surface area contributed by atoms with Gasteiger partial charge in [-0.25, -0.2) is 0 Å². The molecule has 13 heavy (non-hydrogen) atoms. The summed E-state index contributed by atoms with van der Waals surface area (Å²) in [6, 6.07) is -0.240. The number of rotatable bonds is 0. The zero-order chi connectivity index (χ0) is 9.26. The van der Waals surface area contributed by atoms with E-state index in [2.05, 4.69) is 0 Å². The lowest BCUT2D eigenvalue weighted by Gasteiger charge is -2.34. The quantitative estimate of drug-likeness (QED) is 0.629. The lowest BCUT2D eigenvalue weighted by atomic mass is 10.1. The Bertz CT molecular complexity index is 210. The van der Waals surface area contributed by atoms with Crippen LogP contribution in [0.4, 0.5) is 0 Å². The van der Waals surface area contributed by atoms with Gasteiger partial charge in [-0.15, -0.1) is 11.8 Å². The average Bonchev–Trinajstić information content (AvgIpc) is 2.29. The molecular formula is C9H16N2OS. The van der Waals surface area contributed by atoms with Gasteiger partial charge < -0.3 is 10.6 Å². The molecule has 2 N–H and O–H groups in total. The first kappa shape index (κ1) is 9.34. The fraction of sp³-hybridized carbons (Fsp3) is 0.889. The number of thioether (sulfide) groups is 1. The second-order valence-electron chi connectivity index (χ2n) is 3.75. The van der Waals surface area contributed by atoms with Gasteiger partial charge in [-0.2, -0.15) is 0 Å². The maximum absolute atomic E-state index is 11.8. The van der Waals surface area contributed by atoms with E-state index in [1.54, 1.807) is 0 Å². The summed E-state index contributed by atoms with van der Waals surface area (Å²) in [5, 5.41) is 0.426. The van der Waals surface area contributed by atoms with Crippen molar-refractivity contribution in [1.82, 2.24) is 4.90 Å².